The third-order valence-electron chi connectivity index (χ3n) is 3.91. The molecule has 1 aliphatic heterocycles. The third kappa shape index (κ3) is 3.85. The van der Waals surface area contributed by atoms with Crippen molar-refractivity contribution < 1.29 is 4.74 Å². The summed E-state index contributed by atoms with van der Waals surface area (Å²) in [6.07, 6.45) is 2.07. The summed E-state index contributed by atoms with van der Waals surface area (Å²) in [5.41, 5.74) is 1.74. The summed E-state index contributed by atoms with van der Waals surface area (Å²) in [7, 11) is 0. The molecule has 0 amide bonds. The lowest BCUT2D eigenvalue weighted by molar-refractivity contribution is 0.484. The Morgan fingerprint density at radius 2 is 1.96 bits per heavy atom. The molecule has 132 valence electrons. The molecule has 0 aliphatic carbocycles. The molecule has 1 N–H and O–H groups in total. The van der Waals surface area contributed by atoms with E-state index in [1.165, 1.54) is 0 Å². The van der Waals surface area contributed by atoms with E-state index in [1.807, 2.05) is 29.6 Å². The lowest BCUT2D eigenvalue weighted by Crippen LogP contribution is -2.07. The van der Waals surface area contributed by atoms with E-state index in [4.69, 9.17) is 27.9 Å². The zero-order valence-corrected chi connectivity index (χ0v) is 16.0. The van der Waals surface area contributed by atoms with Gasteiger partial charge in [0.2, 0.25) is 0 Å². The molecule has 0 saturated carbocycles. The van der Waals surface area contributed by atoms with E-state index in [-0.39, 0.29) is 0 Å². The number of anilines is 1. The Morgan fingerprint density at radius 1 is 1.08 bits per heavy atom. The van der Waals surface area contributed by atoms with Crippen molar-refractivity contribution in [3.8, 4) is 22.8 Å². The summed E-state index contributed by atoms with van der Waals surface area (Å²) in [5, 5.41) is 7.17. The molecule has 3 aromatic rings. The van der Waals surface area contributed by atoms with Gasteiger partial charge < -0.3 is 10.1 Å². The highest BCUT2D eigenvalue weighted by atomic mass is 35.5. The van der Waals surface area contributed by atoms with Crippen LogP contribution in [-0.4, -0.2) is 17.4 Å². The Bertz CT molecular complexity index is 971. The fraction of sp³-hybridized carbons (Fsp3) is 0.158. The number of aliphatic imine (C=N–C) groups is 1. The van der Waals surface area contributed by atoms with E-state index in [2.05, 4.69) is 15.3 Å². The number of rotatable bonds is 4. The molecule has 0 fully saturated rings. The van der Waals surface area contributed by atoms with Crippen LogP contribution >= 0.6 is 34.5 Å². The summed E-state index contributed by atoms with van der Waals surface area (Å²) in [6.45, 7) is 0.888. The molecule has 1 aliphatic rings. The van der Waals surface area contributed by atoms with Crippen molar-refractivity contribution in [2.75, 3.05) is 11.9 Å². The molecular formula is C19H15Cl2N3OS. The molecule has 0 spiro atoms. The van der Waals surface area contributed by atoms with Crippen LogP contribution in [0.1, 0.15) is 12.8 Å². The average molecular weight is 404 g/mol. The molecule has 4 nitrogen and oxygen atoms in total. The number of nitrogens with zero attached hydrogens (tertiary/aromatic N) is 2. The van der Waals surface area contributed by atoms with Gasteiger partial charge >= 0.3 is 0 Å². The molecule has 4 rings (SSSR count). The van der Waals surface area contributed by atoms with Gasteiger partial charge in [0.25, 0.3) is 0 Å². The van der Waals surface area contributed by atoms with E-state index in [9.17, 15) is 0 Å². The third-order valence-corrected chi connectivity index (χ3v) is 5.19. The number of amidine groups is 1. The van der Waals surface area contributed by atoms with Gasteiger partial charge in [0.1, 0.15) is 17.3 Å². The van der Waals surface area contributed by atoms with Gasteiger partial charge in [-0.2, -0.15) is 0 Å². The van der Waals surface area contributed by atoms with Gasteiger partial charge in [0, 0.05) is 28.9 Å². The Hall–Kier alpha value is -2.08. The number of hydrogen-bond donors (Lipinski definition) is 1. The fourth-order valence-electron chi connectivity index (χ4n) is 2.66. The Labute approximate surface area is 165 Å². The van der Waals surface area contributed by atoms with Crippen molar-refractivity contribution in [2.24, 2.45) is 4.99 Å². The van der Waals surface area contributed by atoms with E-state index < -0.39 is 0 Å². The second-order valence-corrected chi connectivity index (χ2v) is 7.47. The zero-order chi connectivity index (χ0) is 17.9. The van der Waals surface area contributed by atoms with Crippen LogP contribution in [0.25, 0.3) is 11.3 Å². The lowest BCUT2D eigenvalue weighted by atomic mass is 10.1. The molecule has 2 aromatic carbocycles. The topological polar surface area (TPSA) is 46.5 Å². The Morgan fingerprint density at radius 3 is 2.77 bits per heavy atom. The van der Waals surface area contributed by atoms with Crippen molar-refractivity contribution >= 4 is 45.5 Å². The van der Waals surface area contributed by atoms with E-state index in [0.29, 0.717) is 21.5 Å². The summed E-state index contributed by atoms with van der Waals surface area (Å²) in [5.74, 6) is 2.24. The SMILES string of the molecule is Clc1ccc(Oc2ccccc2-c2csc(NC3=NCCC3)n2)c(Cl)c1. The predicted molar refractivity (Wildman–Crippen MR) is 109 cm³/mol. The maximum atomic E-state index is 6.23. The minimum atomic E-state index is 0.465. The van der Waals surface area contributed by atoms with Crippen LogP contribution in [0.5, 0.6) is 11.5 Å². The highest BCUT2D eigenvalue weighted by molar-refractivity contribution is 7.14. The lowest BCUT2D eigenvalue weighted by Gasteiger charge is -2.11. The average Bonchev–Trinajstić information content (AvgIpc) is 3.30. The molecule has 0 bridgehead atoms. The number of thiazole rings is 1. The molecule has 0 atom stereocenters. The summed E-state index contributed by atoms with van der Waals surface area (Å²) >= 11 is 13.7. The normalized spacial score (nSPS) is 13.5. The van der Waals surface area contributed by atoms with Gasteiger partial charge in [0.05, 0.1) is 10.7 Å². The molecule has 1 aromatic heterocycles. The monoisotopic (exact) mass is 403 g/mol. The number of ether oxygens (including phenoxy) is 1. The quantitative estimate of drug-likeness (QED) is 0.539. The first kappa shape index (κ1) is 17.3. The first-order chi connectivity index (χ1) is 12.7. The number of para-hydroxylation sites is 1. The van der Waals surface area contributed by atoms with Crippen molar-refractivity contribution in [3.05, 3.63) is 57.9 Å². The van der Waals surface area contributed by atoms with Crippen LogP contribution < -0.4 is 10.1 Å². The van der Waals surface area contributed by atoms with Gasteiger partial charge in [-0.15, -0.1) is 11.3 Å². The smallest absolute Gasteiger partial charge is 0.188 e. The minimum Gasteiger partial charge on any atom is -0.455 e. The van der Waals surface area contributed by atoms with Crippen LogP contribution in [-0.2, 0) is 0 Å². The molecular weight excluding hydrogens is 389 g/mol. The Balaban J connectivity index is 1.60. The highest BCUT2D eigenvalue weighted by Crippen LogP contribution is 2.37. The van der Waals surface area contributed by atoms with Gasteiger partial charge in [0.15, 0.2) is 5.13 Å². The van der Waals surface area contributed by atoms with E-state index >= 15 is 0 Å². The number of nitrogens with one attached hydrogen (secondary N) is 1. The summed E-state index contributed by atoms with van der Waals surface area (Å²) < 4.78 is 6.02. The number of benzene rings is 2. The van der Waals surface area contributed by atoms with Crippen molar-refractivity contribution in [1.82, 2.24) is 4.98 Å². The van der Waals surface area contributed by atoms with Crippen LogP contribution in [0.3, 0.4) is 0 Å². The van der Waals surface area contributed by atoms with Crippen molar-refractivity contribution in [3.63, 3.8) is 0 Å². The van der Waals surface area contributed by atoms with Crippen LogP contribution in [0, 0.1) is 0 Å². The molecule has 0 saturated heterocycles. The fourth-order valence-corrected chi connectivity index (χ4v) is 3.84. The number of aromatic nitrogens is 1. The molecule has 7 heteroatoms. The van der Waals surface area contributed by atoms with Gasteiger partial charge in [-0.3, -0.25) is 4.99 Å². The molecule has 0 radical (unpaired) electrons. The number of halogens is 2. The van der Waals surface area contributed by atoms with Gasteiger partial charge in [-0.25, -0.2) is 4.98 Å². The van der Waals surface area contributed by atoms with Crippen LogP contribution in [0.4, 0.5) is 5.13 Å². The maximum Gasteiger partial charge on any atom is 0.188 e. The summed E-state index contributed by atoms with van der Waals surface area (Å²) in [4.78, 5) is 9.10. The van der Waals surface area contributed by atoms with Gasteiger partial charge in [-0.1, -0.05) is 35.3 Å². The van der Waals surface area contributed by atoms with Crippen LogP contribution in [0.15, 0.2) is 52.8 Å². The first-order valence-corrected chi connectivity index (χ1v) is 9.81. The predicted octanol–water partition coefficient (Wildman–Crippen LogP) is 6.51. The Kier molecular flexibility index (Phi) is 5.11. The summed E-state index contributed by atoms with van der Waals surface area (Å²) in [6, 6.07) is 12.9. The zero-order valence-electron chi connectivity index (χ0n) is 13.7. The first-order valence-electron chi connectivity index (χ1n) is 8.17. The van der Waals surface area contributed by atoms with Crippen molar-refractivity contribution in [1.29, 1.82) is 0 Å². The second-order valence-electron chi connectivity index (χ2n) is 5.77. The van der Waals surface area contributed by atoms with E-state index in [1.54, 1.807) is 29.5 Å². The highest BCUT2D eigenvalue weighted by Gasteiger charge is 2.14. The largest absolute Gasteiger partial charge is 0.455 e. The maximum absolute atomic E-state index is 6.23. The van der Waals surface area contributed by atoms with Crippen molar-refractivity contribution in [2.45, 2.75) is 12.8 Å². The number of hydrogen-bond acceptors (Lipinski definition) is 5. The molecule has 26 heavy (non-hydrogen) atoms. The van der Waals surface area contributed by atoms with Gasteiger partial charge in [-0.05, 0) is 36.8 Å². The molecule has 2 heterocycles. The van der Waals surface area contributed by atoms with E-state index in [0.717, 1.165) is 41.6 Å². The second kappa shape index (κ2) is 7.66. The standard InChI is InChI=1S/C19H15Cl2N3OS/c20-12-7-8-17(14(21)10-12)25-16-5-2-1-4-13(16)15-11-26-19(23-15)24-18-6-3-9-22-18/h1-2,4-5,7-8,10-11H,3,6,9H2,(H,22,23,24). The minimum absolute atomic E-state index is 0.465. The molecule has 0 unspecified atom stereocenters. The van der Waals surface area contributed by atoms with Crippen LogP contribution in [0.2, 0.25) is 10.0 Å².